The lowest BCUT2D eigenvalue weighted by Gasteiger charge is -2.22. The van der Waals surface area contributed by atoms with E-state index in [4.69, 9.17) is 4.98 Å². The van der Waals surface area contributed by atoms with Crippen LogP contribution in [0.25, 0.3) is 10.2 Å². The number of thiazole rings is 1. The quantitative estimate of drug-likeness (QED) is 0.392. The molecule has 1 aromatic heterocycles. The van der Waals surface area contributed by atoms with E-state index in [9.17, 15) is 13.2 Å². The van der Waals surface area contributed by atoms with Gasteiger partial charge in [-0.25, -0.2) is 13.4 Å². The Bertz CT molecular complexity index is 1160. The van der Waals surface area contributed by atoms with Gasteiger partial charge in [0, 0.05) is 24.4 Å². The summed E-state index contributed by atoms with van der Waals surface area (Å²) in [6.07, 6.45) is 1.91. The SMILES string of the molecule is CSc1cccc2sc(N(CCN(C)C)C(=O)CCS(=O)(=O)c3ccc(C)cc3)nc12.Cl. The molecular weight excluding hydrogens is 486 g/mol. The van der Waals surface area contributed by atoms with Crippen LogP contribution < -0.4 is 4.90 Å². The third-order valence-electron chi connectivity index (χ3n) is 4.86. The van der Waals surface area contributed by atoms with E-state index in [0.29, 0.717) is 18.2 Å². The number of rotatable bonds is 9. The van der Waals surface area contributed by atoms with E-state index in [1.807, 2.05) is 50.4 Å². The van der Waals surface area contributed by atoms with E-state index < -0.39 is 9.84 Å². The summed E-state index contributed by atoms with van der Waals surface area (Å²) in [5, 5.41) is 0.607. The number of fused-ring (bicyclic) bond motifs is 1. The normalized spacial score (nSPS) is 11.5. The van der Waals surface area contributed by atoms with Gasteiger partial charge in [-0.05, 0) is 51.5 Å². The second-order valence-electron chi connectivity index (χ2n) is 7.53. The van der Waals surface area contributed by atoms with Crippen molar-refractivity contribution in [3.05, 3.63) is 48.0 Å². The van der Waals surface area contributed by atoms with Crippen molar-refractivity contribution in [2.45, 2.75) is 23.1 Å². The molecule has 0 saturated heterocycles. The molecule has 3 rings (SSSR count). The number of thioether (sulfide) groups is 1. The number of aromatic nitrogens is 1. The fourth-order valence-corrected chi connectivity index (χ4v) is 5.93. The monoisotopic (exact) mass is 513 g/mol. The number of amides is 1. The van der Waals surface area contributed by atoms with E-state index in [2.05, 4.69) is 0 Å². The Morgan fingerprint density at radius 1 is 1.09 bits per heavy atom. The number of halogens is 1. The van der Waals surface area contributed by atoms with E-state index in [1.165, 1.54) is 11.3 Å². The number of benzene rings is 2. The first kappa shape index (κ1) is 26.6. The number of para-hydroxylation sites is 1. The van der Waals surface area contributed by atoms with Gasteiger partial charge in [0.25, 0.3) is 0 Å². The number of carbonyl (C=O) groups excluding carboxylic acids is 1. The summed E-state index contributed by atoms with van der Waals surface area (Å²) in [5.41, 5.74) is 1.87. The van der Waals surface area contributed by atoms with Gasteiger partial charge in [-0.1, -0.05) is 35.1 Å². The minimum absolute atomic E-state index is 0. The number of sulfone groups is 1. The van der Waals surface area contributed by atoms with E-state index >= 15 is 0 Å². The molecule has 0 spiro atoms. The van der Waals surface area contributed by atoms with Crippen molar-refractivity contribution in [2.24, 2.45) is 0 Å². The van der Waals surface area contributed by atoms with Crippen LogP contribution in [-0.4, -0.2) is 63.4 Å². The van der Waals surface area contributed by atoms with Crippen LogP contribution in [0, 0.1) is 6.92 Å². The molecule has 0 aliphatic heterocycles. The summed E-state index contributed by atoms with van der Waals surface area (Å²) in [4.78, 5) is 22.8. The lowest BCUT2D eigenvalue weighted by molar-refractivity contribution is -0.118. The largest absolute Gasteiger partial charge is 0.308 e. The number of hydrogen-bond acceptors (Lipinski definition) is 7. The van der Waals surface area contributed by atoms with E-state index in [-0.39, 0.29) is 35.4 Å². The molecule has 2 aromatic carbocycles. The highest BCUT2D eigenvalue weighted by atomic mass is 35.5. The summed E-state index contributed by atoms with van der Waals surface area (Å²) in [6, 6.07) is 12.7. The standard InChI is InChI=1S/C22H27N3O3S3.ClH/c1-16-8-10-17(11-9-16)31(27,28)15-12-20(26)25(14-13-24(2)3)22-23-21-18(29-4)6-5-7-19(21)30-22;/h5-11H,12-15H2,1-4H3;1H. The van der Waals surface area contributed by atoms with Gasteiger partial charge in [-0.3, -0.25) is 9.69 Å². The summed E-state index contributed by atoms with van der Waals surface area (Å²) >= 11 is 3.07. The van der Waals surface area contributed by atoms with Crippen molar-refractivity contribution < 1.29 is 13.2 Å². The molecule has 32 heavy (non-hydrogen) atoms. The molecule has 10 heteroatoms. The molecule has 0 radical (unpaired) electrons. The molecule has 6 nitrogen and oxygen atoms in total. The Morgan fingerprint density at radius 2 is 1.78 bits per heavy atom. The van der Waals surface area contributed by atoms with Crippen LogP contribution in [0.5, 0.6) is 0 Å². The zero-order valence-corrected chi connectivity index (χ0v) is 21.8. The van der Waals surface area contributed by atoms with Crippen LogP contribution in [0.1, 0.15) is 12.0 Å². The van der Waals surface area contributed by atoms with Crippen molar-refractivity contribution in [1.29, 1.82) is 0 Å². The Morgan fingerprint density at radius 3 is 2.41 bits per heavy atom. The van der Waals surface area contributed by atoms with Crippen molar-refractivity contribution in [2.75, 3.05) is 44.1 Å². The van der Waals surface area contributed by atoms with Crippen LogP contribution in [0.15, 0.2) is 52.3 Å². The van der Waals surface area contributed by atoms with Crippen LogP contribution >= 0.6 is 35.5 Å². The first-order valence-corrected chi connectivity index (χ1v) is 13.6. The molecule has 0 bridgehead atoms. The van der Waals surface area contributed by atoms with Crippen LogP contribution in [0.2, 0.25) is 0 Å². The molecule has 0 unspecified atom stereocenters. The zero-order chi connectivity index (χ0) is 22.6. The highest BCUT2D eigenvalue weighted by Gasteiger charge is 2.23. The van der Waals surface area contributed by atoms with Crippen LogP contribution in [0.3, 0.4) is 0 Å². The lowest BCUT2D eigenvalue weighted by atomic mass is 10.2. The Hall–Kier alpha value is -1.65. The fraction of sp³-hybridized carbons (Fsp3) is 0.364. The summed E-state index contributed by atoms with van der Waals surface area (Å²) in [5.74, 6) is -0.462. The van der Waals surface area contributed by atoms with E-state index in [1.54, 1.807) is 40.9 Å². The van der Waals surface area contributed by atoms with Gasteiger partial charge >= 0.3 is 0 Å². The van der Waals surface area contributed by atoms with Crippen LogP contribution in [-0.2, 0) is 14.6 Å². The first-order chi connectivity index (χ1) is 14.7. The van der Waals surface area contributed by atoms with E-state index in [0.717, 1.165) is 20.7 Å². The van der Waals surface area contributed by atoms with Gasteiger partial charge in [-0.15, -0.1) is 24.2 Å². The highest BCUT2D eigenvalue weighted by Crippen LogP contribution is 2.34. The Kier molecular flexibility index (Phi) is 9.53. The van der Waals surface area contributed by atoms with Crippen LogP contribution in [0.4, 0.5) is 5.13 Å². The summed E-state index contributed by atoms with van der Waals surface area (Å²) < 4.78 is 26.4. The average Bonchev–Trinajstić information content (AvgIpc) is 3.16. The van der Waals surface area contributed by atoms with Gasteiger partial charge in [0.05, 0.1) is 20.9 Å². The lowest BCUT2D eigenvalue weighted by Crippen LogP contribution is -2.37. The van der Waals surface area contributed by atoms with Crippen molar-refractivity contribution in [3.8, 4) is 0 Å². The third-order valence-corrected chi connectivity index (χ3v) is 8.40. The average molecular weight is 514 g/mol. The second kappa shape index (κ2) is 11.5. The topological polar surface area (TPSA) is 70.6 Å². The van der Waals surface area contributed by atoms with Gasteiger partial charge in [-0.2, -0.15) is 0 Å². The van der Waals surface area contributed by atoms with Crippen molar-refractivity contribution >= 4 is 66.6 Å². The molecule has 0 atom stereocenters. The Labute approximate surface area is 204 Å². The molecule has 0 aliphatic rings. The second-order valence-corrected chi connectivity index (χ2v) is 11.5. The number of carbonyl (C=O) groups is 1. The number of nitrogens with zero attached hydrogens (tertiary/aromatic N) is 3. The smallest absolute Gasteiger partial charge is 0.229 e. The van der Waals surface area contributed by atoms with Gasteiger partial charge in [0.15, 0.2) is 15.0 Å². The van der Waals surface area contributed by atoms with Crippen molar-refractivity contribution in [3.63, 3.8) is 0 Å². The maximum atomic E-state index is 13.1. The first-order valence-electron chi connectivity index (χ1n) is 9.89. The molecule has 1 amide bonds. The number of anilines is 1. The van der Waals surface area contributed by atoms with Crippen molar-refractivity contribution in [1.82, 2.24) is 9.88 Å². The molecule has 1 heterocycles. The maximum Gasteiger partial charge on any atom is 0.229 e. The van der Waals surface area contributed by atoms with Gasteiger partial charge in [0.2, 0.25) is 5.91 Å². The van der Waals surface area contributed by atoms with Gasteiger partial charge < -0.3 is 4.90 Å². The fourth-order valence-electron chi connectivity index (χ4n) is 3.04. The molecule has 174 valence electrons. The summed E-state index contributed by atoms with van der Waals surface area (Å²) in [7, 11) is 0.346. The molecule has 0 saturated carbocycles. The van der Waals surface area contributed by atoms with Gasteiger partial charge in [0.1, 0.15) is 0 Å². The summed E-state index contributed by atoms with van der Waals surface area (Å²) in [6.45, 7) is 3.01. The molecule has 0 N–H and O–H groups in total. The number of hydrogen-bond donors (Lipinski definition) is 0. The molecular formula is C22H28ClN3O3S3. The molecule has 0 fully saturated rings. The minimum atomic E-state index is -3.53. The Balaban J connectivity index is 0.00000363. The number of aryl methyl sites for hydroxylation is 1. The predicted molar refractivity (Wildman–Crippen MR) is 137 cm³/mol. The number of likely N-dealkylation sites (N-methyl/N-ethyl adjacent to an activating group) is 1. The minimum Gasteiger partial charge on any atom is -0.308 e. The zero-order valence-electron chi connectivity index (χ0n) is 18.6. The highest BCUT2D eigenvalue weighted by molar-refractivity contribution is 7.98. The third kappa shape index (κ3) is 6.45. The molecule has 3 aromatic rings. The maximum absolute atomic E-state index is 13.1. The predicted octanol–water partition coefficient (Wildman–Crippen LogP) is 4.51. The molecule has 0 aliphatic carbocycles.